The molecule has 31 heavy (non-hydrogen) atoms. The van der Waals surface area contributed by atoms with Gasteiger partial charge in [-0.1, -0.05) is 12.1 Å². The lowest BCUT2D eigenvalue weighted by Gasteiger charge is -2.12. The monoisotopic (exact) mass is 414 g/mol. The van der Waals surface area contributed by atoms with Crippen LogP contribution in [0.5, 0.6) is 5.88 Å². The molecule has 0 saturated carbocycles. The highest BCUT2D eigenvalue weighted by Crippen LogP contribution is 2.30. The molecule has 0 radical (unpaired) electrons. The molecule has 1 aromatic carbocycles. The van der Waals surface area contributed by atoms with Gasteiger partial charge in [0, 0.05) is 23.9 Å². The number of nitrogens with zero attached hydrogens (tertiary/aromatic N) is 6. The van der Waals surface area contributed by atoms with Crippen LogP contribution in [0.3, 0.4) is 0 Å². The number of hydrogen-bond donors (Lipinski definition) is 2. The zero-order chi connectivity index (χ0) is 21.4. The van der Waals surface area contributed by atoms with Gasteiger partial charge in [-0.05, 0) is 32.0 Å². The van der Waals surface area contributed by atoms with E-state index in [1.807, 2.05) is 36.4 Å². The summed E-state index contributed by atoms with van der Waals surface area (Å²) in [5.74, 6) is 2.83. The number of H-pyrrole nitrogens is 1. The lowest BCUT2D eigenvalue weighted by Crippen LogP contribution is -2.06. The lowest BCUT2D eigenvalue weighted by atomic mass is 10.2. The second kappa shape index (κ2) is 7.67. The van der Waals surface area contributed by atoms with Crippen molar-refractivity contribution >= 4 is 28.0 Å². The molecule has 9 heteroatoms. The van der Waals surface area contributed by atoms with E-state index < -0.39 is 0 Å². The standard InChI is InChI=1S/C22H22N8O/c1-13(2)30-21(14-8-9-18(31-3)23-10-14)29-19-20(25-12-26-22(19)30)24-11-17-27-15-6-4-5-7-16(15)28-17/h4-10,12-13H,11H2,1-3H3,(H,27,28)(H,24,25,26). The van der Waals surface area contributed by atoms with Crippen LogP contribution in [-0.4, -0.2) is 41.6 Å². The molecule has 5 rings (SSSR count). The SMILES string of the molecule is COc1ccc(-c2nc3c(NCc4nc5ccccc5[nH]4)ncnc3n2C(C)C)cn1. The van der Waals surface area contributed by atoms with Crippen molar-refractivity contribution in [3.63, 3.8) is 0 Å². The Kier molecular flexibility index (Phi) is 4.70. The van der Waals surface area contributed by atoms with E-state index in [0.717, 1.165) is 33.9 Å². The largest absolute Gasteiger partial charge is 0.481 e. The van der Waals surface area contributed by atoms with Crippen LogP contribution in [0.15, 0.2) is 48.9 Å². The Balaban J connectivity index is 1.53. The van der Waals surface area contributed by atoms with Gasteiger partial charge in [0.2, 0.25) is 5.88 Å². The van der Waals surface area contributed by atoms with Crippen molar-refractivity contribution in [2.75, 3.05) is 12.4 Å². The number of aromatic nitrogens is 7. The molecule has 0 aliphatic heterocycles. The maximum Gasteiger partial charge on any atom is 0.212 e. The number of methoxy groups -OCH3 is 1. The summed E-state index contributed by atoms with van der Waals surface area (Å²) in [6, 6.07) is 11.9. The van der Waals surface area contributed by atoms with Crippen LogP contribution in [0, 0.1) is 0 Å². The molecule has 0 saturated heterocycles. The summed E-state index contributed by atoms with van der Waals surface area (Å²) in [5, 5.41) is 3.36. The van der Waals surface area contributed by atoms with Gasteiger partial charge in [-0.2, -0.15) is 0 Å². The second-order valence-electron chi connectivity index (χ2n) is 7.44. The maximum absolute atomic E-state index is 5.18. The highest BCUT2D eigenvalue weighted by Gasteiger charge is 2.19. The third-order valence-electron chi connectivity index (χ3n) is 5.06. The van der Waals surface area contributed by atoms with Crippen molar-refractivity contribution < 1.29 is 4.74 Å². The number of fused-ring (bicyclic) bond motifs is 2. The molecule has 2 N–H and O–H groups in total. The minimum atomic E-state index is 0.153. The minimum Gasteiger partial charge on any atom is -0.481 e. The van der Waals surface area contributed by atoms with Crippen molar-refractivity contribution in [1.29, 1.82) is 0 Å². The van der Waals surface area contributed by atoms with E-state index in [1.165, 1.54) is 0 Å². The Morgan fingerprint density at radius 1 is 1.06 bits per heavy atom. The van der Waals surface area contributed by atoms with E-state index in [4.69, 9.17) is 9.72 Å². The summed E-state index contributed by atoms with van der Waals surface area (Å²) in [4.78, 5) is 26.1. The maximum atomic E-state index is 5.18. The van der Waals surface area contributed by atoms with Crippen LogP contribution in [0.4, 0.5) is 5.82 Å². The predicted molar refractivity (Wildman–Crippen MR) is 119 cm³/mol. The van der Waals surface area contributed by atoms with Gasteiger partial charge >= 0.3 is 0 Å². The molecular weight excluding hydrogens is 392 g/mol. The Hall–Kier alpha value is -4.01. The first-order valence-corrected chi connectivity index (χ1v) is 10.0. The number of nitrogens with one attached hydrogen (secondary N) is 2. The van der Waals surface area contributed by atoms with Crippen molar-refractivity contribution in [3.05, 3.63) is 54.7 Å². The predicted octanol–water partition coefficient (Wildman–Crippen LogP) is 3.97. The Bertz CT molecular complexity index is 1320. The van der Waals surface area contributed by atoms with Crippen LogP contribution in [0.1, 0.15) is 25.7 Å². The average molecular weight is 414 g/mol. The highest BCUT2D eigenvalue weighted by atomic mass is 16.5. The number of aromatic amines is 1. The molecule has 0 aliphatic carbocycles. The molecule has 0 amide bonds. The summed E-state index contributed by atoms with van der Waals surface area (Å²) in [6.45, 7) is 4.70. The van der Waals surface area contributed by atoms with Gasteiger partial charge in [-0.3, -0.25) is 0 Å². The van der Waals surface area contributed by atoms with Gasteiger partial charge in [0.15, 0.2) is 17.0 Å². The van der Waals surface area contributed by atoms with E-state index >= 15 is 0 Å². The first kappa shape index (κ1) is 19.0. The quantitative estimate of drug-likeness (QED) is 0.433. The number of benzene rings is 1. The molecule has 0 atom stereocenters. The van der Waals surface area contributed by atoms with Crippen molar-refractivity contribution in [2.45, 2.75) is 26.4 Å². The Labute approximate surface area is 178 Å². The second-order valence-corrected chi connectivity index (χ2v) is 7.44. The molecule has 4 aromatic heterocycles. The topological polar surface area (TPSA) is 106 Å². The summed E-state index contributed by atoms with van der Waals surface area (Å²) in [5.41, 5.74) is 4.30. The van der Waals surface area contributed by atoms with Gasteiger partial charge in [0.05, 0.1) is 24.7 Å². The summed E-state index contributed by atoms with van der Waals surface area (Å²) in [7, 11) is 1.60. The van der Waals surface area contributed by atoms with Gasteiger partial charge < -0.3 is 19.6 Å². The van der Waals surface area contributed by atoms with Gasteiger partial charge in [-0.25, -0.2) is 24.9 Å². The zero-order valence-electron chi connectivity index (χ0n) is 17.5. The van der Waals surface area contributed by atoms with Gasteiger partial charge in [0.1, 0.15) is 18.0 Å². The van der Waals surface area contributed by atoms with Gasteiger partial charge in [-0.15, -0.1) is 0 Å². The number of rotatable bonds is 6. The fourth-order valence-electron chi connectivity index (χ4n) is 3.62. The fourth-order valence-corrected chi connectivity index (χ4v) is 3.62. The molecule has 0 unspecified atom stereocenters. The number of anilines is 1. The van der Waals surface area contributed by atoms with Crippen molar-refractivity contribution in [1.82, 2.24) is 34.5 Å². The first-order valence-electron chi connectivity index (χ1n) is 10.0. The number of imidazole rings is 2. The van der Waals surface area contributed by atoms with E-state index in [0.29, 0.717) is 23.8 Å². The Morgan fingerprint density at radius 3 is 2.68 bits per heavy atom. The molecule has 4 heterocycles. The first-order chi connectivity index (χ1) is 15.1. The van der Waals surface area contributed by atoms with Crippen LogP contribution < -0.4 is 10.1 Å². The summed E-state index contributed by atoms with van der Waals surface area (Å²) >= 11 is 0. The summed E-state index contributed by atoms with van der Waals surface area (Å²) < 4.78 is 7.27. The fraction of sp³-hybridized carbons (Fsp3) is 0.227. The molecule has 156 valence electrons. The van der Waals surface area contributed by atoms with E-state index in [1.54, 1.807) is 19.6 Å². The van der Waals surface area contributed by atoms with Crippen LogP contribution in [-0.2, 0) is 6.54 Å². The Morgan fingerprint density at radius 2 is 1.94 bits per heavy atom. The number of para-hydroxylation sites is 2. The van der Waals surface area contributed by atoms with Crippen molar-refractivity contribution in [2.24, 2.45) is 0 Å². The lowest BCUT2D eigenvalue weighted by molar-refractivity contribution is 0.398. The van der Waals surface area contributed by atoms with Crippen molar-refractivity contribution in [3.8, 4) is 17.3 Å². The third-order valence-corrected chi connectivity index (χ3v) is 5.06. The highest BCUT2D eigenvalue weighted by molar-refractivity contribution is 5.86. The normalized spacial score (nSPS) is 11.5. The third kappa shape index (κ3) is 3.43. The zero-order valence-corrected chi connectivity index (χ0v) is 17.5. The average Bonchev–Trinajstić information content (AvgIpc) is 3.39. The molecule has 0 fully saturated rings. The molecule has 9 nitrogen and oxygen atoms in total. The summed E-state index contributed by atoms with van der Waals surface area (Å²) in [6.07, 6.45) is 3.31. The molecule has 0 spiro atoms. The van der Waals surface area contributed by atoms with E-state index in [2.05, 4.69) is 48.7 Å². The number of ether oxygens (including phenoxy) is 1. The molecular formula is C22H22N8O. The van der Waals surface area contributed by atoms with E-state index in [-0.39, 0.29) is 6.04 Å². The molecule has 0 bridgehead atoms. The number of pyridine rings is 1. The minimum absolute atomic E-state index is 0.153. The van der Waals surface area contributed by atoms with Crippen LogP contribution >= 0.6 is 0 Å². The molecule has 5 aromatic rings. The molecule has 0 aliphatic rings. The van der Waals surface area contributed by atoms with Crippen LogP contribution in [0.25, 0.3) is 33.6 Å². The van der Waals surface area contributed by atoms with Crippen LogP contribution in [0.2, 0.25) is 0 Å². The van der Waals surface area contributed by atoms with E-state index in [9.17, 15) is 0 Å². The van der Waals surface area contributed by atoms with Gasteiger partial charge in [0.25, 0.3) is 0 Å². The number of hydrogen-bond acceptors (Lipinski definition) is 7. The smallest absolute Gasteiger partial charge is 0.212 e.